The van der Waals surface area contributed by atoms with Crippen molar-refractivity contribution in [2.75, 3.05) is 6.54 Å². The number of H-pyrrole nitrogens is 2. The molecule has 32 heavy (non-hydrogen) atoms. The maximum atomic E-state index is 12.9. The van der Waals surface area contributed by atoms with Crippen molar-refractivity contribution in [3.63, 3.8) is 0 Å². The summed E-state index contributed by atoms with van der Waals surface area (Å²) in [6, 6.07) is 16.6. The van der Waals surface area contributed by atoms with Crippen molar-refractivity contribution >= 4 is 51.2 Å². The molecule has 1 amide bonds. The van der Waals surface area contributed by atoms with Crippen LogP contribution < -0.4 is 0 Å². The predicted molar refractivity (Wildman–Crippen MR) is 131 cm³/mol. The van der Waals surface area contributed by atoms with E-state index in [1.807, 2.05) is 24.4 Å². The highest BCUT2D eigenvalue weighted by Crippen LogP contribution is 2.33. The third-order valence-corrected chi connectivity index (χ3v) is 6.74. The number of carbonyl (C=O) groups excluding carboxylic acids is 1. The zero-order valence-electron chi connectivity index (χ0n) is 17.1. The number of aryl methyl sites for hydroxylation is 1. The summed E-state index contributed by atoms with van der Waals surface area (Å²) in [5.74, 6) is 0.657. The molecule has 1 fully saturated rings. The average Bonchev–Trinajstić information content (AvgIpc) is 3.54. The molecule has 0 unspecified atom stereocenters. The Hall–Kier alpha value is -3.30. The fourth-order valence-electron chi connectivity index (χ4n) is 3.73. The number of unbranched alkanes of at least 4 members (excludes halogenated alkanes) is 1. The highest BCUT2D eigenvalue weighted by atomic mass is 32.2. The van der Waals surface area contributed by atoms with Gasteiger partial charge in [-0.05, 0) is 65.3 Å². The number of hydrogen-bond donors (Lipinski definition) is 2. The highest BCUT2D eigenvalue weighted by molar-refractivity contribution is 8.26. The van der Waals surface area contributed by atoms with E-state index in [2.05, 4.69) is 62.0 Å². The van der Waals surface area contributed by atoms with Gasteiger partial charge in [-0.3, -0.25) is 9.69 Å². The summed E-state index contributed by atoms with van der Waals surface area (Å²) < 4.78 is 0.606. The molecular formula is C23H20N6OS2. The number of hydrogen-bond acceptors (Lipinski definition) is 6. The maximum absolute atomic E-state index is 12.9. The van der Waals surface area contributed by atoms with Crippen LogP contribution in [0.25, 0.3) is 28.1 Å². The molecule has 2 N–H and O–H groups in total. The first kappa shape index (κ1) is 20.6. The number of aromatic amines is 2. The van der Waals surface area contributed by atoms with Gasteiger partial charge >= 0.3 is 0 Å². The molecule has 9 heteroatoms. The highest BCUT2D eigenvalue weighted by Gasteiger charge is 2.31. The van der Waals surface area contributed by atoms with Crippen molar-refractivity contribution < 1.29 is 4.79 Å². The smallest absolute Gasteiger partial charge is 0.266 e. The van der Waals surface area contributed by atoms with E-state index in [0.717, 1.165) is 41.5 Å². The lowest BCUT2D eigenvalue weighted by Gasteiger charge is -2.13. The van der Waals surface area contributed by atoms with E-state index in [9.17, 15) is 4.79 Å². The SMILES string of the molecule is O=C1/C(=C/c2cccc(-c3ccc4[nH]ccc4c3)c2)SC(=S)N1CCCCc1nn[nH]n1. The molecule has 0 saturated carbocycles. The van der Waals surface area contributed by atoms with Crippen molar-refractivity contribution in [3.05, 3.63) is 71.0 Å². The molecule has 160 valence electrons. The maximum Gasteiger partial charge on any atom is 0.266 e. The minimum atomic E-state index is -0.0290. The molecule has 1 aliphatic rings. The van der Waals surface area contributed by atoms with E-state index in [0.29, 0.717) is 21.6 Å². The topological polar surface area (TPSA) is 90.6 Å². The lowest BCUT2D eigenvalue weighted by Crippen LogP contribution is -2.29. The van der Waals surface area contributed by atoms with E-state index in [1.165, 1.54) is 17.1 Å². The van der Waals surface area contributed by atoms with Crippen LogP contribution in [0, 0.1) is 0 Å². The number of nitrogens with zero attached hydrogens (tertiary/aromatic N) is 4. The van der Waals surface area contributed by atoms with E-state index in [1.54, 1.807) is 4.90 Å². The van der Waals surface area contributed by atoms with Crippen LogP contribution in [0.5, 0.6) is 0 Å². The van der Waals surface area contributed by atoms with Gasteiger partial charge < -0.3 is 4.98 Å². The molecule has 7 nitrogen and oxygen atoms in total. The molecule has 2 aromatic heterocycles. The summed E-state index contributed by atoms with van der Waals surface area (Å²) >= 11 is 6.83. The molecule has 5 rings (SSSR count). The third-order valence-electron chi connectivity index (χ3n) is 5.37. The Morgan fingerprint density at radius 2 is 2.00 bits per heavy atom. The van der Waals surface area contributed by atoms with Crippen LogP contribution in [-0.2, 0) is 11.2 Å². The lowest BCUT2D eigenvalue weighted by atomic mass is 10.0. The van der Waals surface area contributed by atoms with Crippen LogP contribution >= 0.6 is 24.0 Å². The Balaban J connectivity index is 1.27. The molecular weight excluding hydrogens is 440 g/mol. The van der Waals surface area contributed by atoms with Crippen LogP contribution in [0.4, 0.5) is 0 Å². The Labute approximate surface area is 194 Å². The Morgan fingerprint density at radius 3 is 2.88 bits per heavy atom. The minimum Gasteiger partial charge on any atom is -0.361 e. The normalized spacial score (nSPS) is 15.4. The molecule has 0 atom stereocenters. The van der Waals surface area contributed by atoms with Gasteiger partial charge in [0.15, 0.2) is 5.82 Å². The first-order valence-corrected chi connectivity index (χ1v) is 11.6. The number of nitrogens with one attached hydrogen (secondary N) is 2. The van der Waals surface area contributed by atoms with E-state index in [-0.39, 0.29) is 5.91 Å². The number of aromatic nitrogens is 5. The van der Waals surface area contributed by atoms with Crippen LogP contribution in [0.15, 0.2) is 59.6 Å². The van der Waals surface area contributed by atoms with Gasteiger partial charge in [0.2, 0.25) is 0 Å². The Kier molecular flexibility index (Phi) is 5.83. The van der Waals surface area contributed by atoms with E-state index < -0.39 is 0 Å². The number of rotatable bonds is 7. The van der Waals surface area contributed by atoms with E-state index >= 15 is 0 Å². The van der Waals surface area contributed by atoms with Crippen molar-refractivity contribution in [1.29, 1.82) is 0 Å². The number of amides is 1. The zero-order valence-corrected chi connectivity index (χ0v) is 18.7. The van der Waals surface area contributed by atoms with Gasteiger partial charge in [-0.1, -0.05) is 53.5 Å². The van der Waals surface area contributed by atoms with Crippen molar-refractivity contribution in [2.24, 2.45) is 0 Å². The summed E-state index contributed by atoms with van der Waals surface area (Å²) in [4.78, 5) is 18.5. The summed E-state index contributed by atoms with van der Waals surface area (Å²) in [5, 5.41) is 15.1. The second-order valence-electron chi connectivity index (χ2n) is 7.52. The summed E-state index contributed by atoms with van der Waals surface area (Å²) in [5.41, 5.74) is 4.35. The van der Waals surface area contributed by atoms with Crippen LogP contribution in [0.2, 0.25) is 0 Å². The van der Waals surface area contributed by atoms with Gasteiger partial charge in [0, 0.05) is 24.7 Å². The predicted octanol–water partition coefficient (Wildman–Crippen LogP) is 4.57. The lowest BCUT2D eigenvalue weighted by molar-refractivity contribution is -0.122. The molecule has 1 aliphatic heterocycles. The molecule has 0 aliphatic carbocycles. The number of thioether (sulfide) groups is 1. The van der Waals surface area contributed by atoms with Crippen LogP contribution in [0.1, 0.15) is 24.2 Å². The number of thiocarbonyl (C=S) groups is 1. The minimum absolute atomic E-state index is 0.0290. The second-order valence-corrected chi connectivity index (χ2v) is 9.20. The van der Waals surface area contributed by atoms with Crippen LogP contribution in [-0.4, -0.2) is 47.3 Å². The largest absolute Gasteiger partial charge is 0.361 e. The molecule has 3 heterocycles. The van der Waals surface area contributed by atoms with Gasteiger partial charge in [-0.2, -0.15) is 5.21 Å². The first-order valence-electron chi connectivity index (χ1n) is 10.3. The van der Waals surface area contributed by atoms with E-state index in [4.69, 9.17) is 12.2 Å². The second kappa shape index (κ2) is 9.05. The Morgan fingerprint density at radius 1 is 1.09 bits per heavy atom. The molecule has 4 aromatic rings. The fraction of sp³-hybridized carbons (Fsp3) is 0.174. The van der Waals surface area contributed by atoms with Crippen molar-refractivity contribution in [3.8, 4) is 11.1 Å². The Bertz CT molecular complexity index is 1310. The molecule has 0 radical (unpaired) electrons. The van der Waals surface area contributed by atoms with Gasteiger partial charge in [0.1, 0.15) is 4.32 Å². The average molecular weight is 461 g/mol. The number of fused-ring (bicyclic) bond motifs is 1. The fourth-order valence-corrected chi connectivity index (χ4v) is 5.04. The zero-order chi connectivity index (χ0) is 21.9. The molecule has 2 aromatic carbocycles. The standard InChI is InChI=1S/C23H20N6OS2/c30-22-20(32-23(31)29(22)11-2-1-6-21-25-27-28-26-21)13-15-4-3-5-16(12-15)17-7-8-19-18(14-17)9-10-24-19/h3-5,7-10,12-14,24H,1-2,6,11H2,(H,25,26,27,28)/b20-13-. The molecule has 1 saturated heterocycles. The number of benzene rings is 2. The van der Waals surface area contributed by atoms with Gasteiger partial charge in [0.25, 0.3) is 5.91 Å². The summed E-state index contributed by atoms with van der Waals surface area (Å²) in [6.07, 6.45) is 6.28. The van der Waals surface area contributed by atoms with Gasteiger partial charge in [-0.15, -0.1) is 10.2 Å². The molecule has 0 bridgehead atoms. The number of tetrazole rings is 1. The van der Waals surface area contributed by atoms with Gasteiger partial charge in [-0.25, -0.2) is 0 Å². The van der Waals surface area contributed by atoms with Gasteiger partial charge in [0.05, 0.1) is 4.91 Å². The van der Waals surface area contributed by atoms with Crippen molar-refractivity contribution in [1.82, 2.24) is 30.5 Å². The van der Waals surface area contributed by atoms with Crippen LogP contribution in [0.3, 0.4) is 0 Å². The quantitative estimate of drug-likeness (QED) is 0.238. The first-order chi connectivity index (χ1) is 15.7. The molecule has 0 spiro atoms. The third kappa shape index (κ3) is 4.35. The number of carbonyl (C=O) groups is 1. The summed E-state index contributed by atoms with van der Waals surface area (Å²) in [6.45, 7) is 0.594. The van der Waals surface area contributed by atoms with Crippen molar-refractivity contribution in [2.45, 2.75) is 19.3 Å². The monoisotopic (exact) mass is 460 g/mol. The summed E-state index contributed by atoms with van der Waals surface area (Å²) in [7, 11) is 0.